The number of fused-ring (bicyclic) bond motifs is 5. The van der Waals surface area contributed by atoms with Gasteiger partial charge in [0.2, 0.25) is 11.8 Å². The van der Waals surface area contributed by atoms with E-state index in [0.717, 1.165) is 49.4 Å². The fourth-order valence-corrected chi connectivity index (χ4v) is 10.1. The highest BCUT2D eigenvalue weighted by Crippen LogP contribution is 2.71. The van der Waals surface area contributed by atoms with Gasteiger partial charge in [-0.3, -0.25) is 14.4 Å². The number of rotatable bonds is 10. The first-order valence-electron chi connectivity index (χ1n) is 15.8. The van der Waals surface area contributed by atoms with Gasteiger partial charge in [-0.25, -0.2) is 0 Å². The van der Waals surface area contributed by atoms with Crippen molar-refractivity contribution in [3.8, 4) is 0 Å². The first kappa shape index (κ1) is 30.1. The molecule has 220 valence electrons. The smallest absolute Gasteiger partial charge is 0.312 e. The molecule has 0 radical (unpaired) electrons. The normalized spacial score (nSPS) is 38.2. The van der Waals surface area contributed by atoms with E-state index in [1.807, 2.05) is 0 Å². The van der Waals surface area contributed by atoms with Crippen molar-refractivity contribution < 1.29 is 19.5 Å². The number of carboxylic acid groups (broad SMARTS) is 1. The average Bonchev–Trinajstić information content (AvgIpc) is 3.21. The van der Waals surface area contributed by atoms with Gasteiger partial charge in [-0.15, -0.1) is 0 Å². The van der Waals surface area contributed by atoms with Crippen LogP contribution in [0.25, 0.3) is 0 Å². The summed E-state index contributed by atoms with van der Waals surface area (Å²) in [6.45, 7) is 14.8. The van der Waals surface area contributed by atoms with Gasteiger partial charge in [-0.1, -0.05) is 72.5 Å². The molecule has 0 aromatic rings. The third-order valence-corrected chi connectivity index (χ3v) is 12.0. The number of carbonyl (C=O) groups excluding carboxylic acids is 2. The minimum absolute atomic E-state index is 0.0777. The van der Waals surface area contributed by atoms with Crippen molar-refractivity contribution in [2.24, 2.45) is 45.8 Å². The molecule has 0 aromatic heterocycles. The van der Waals surface area contributed by atoms with Crippen LogP contribution in [0.4, 0.5) is 0 Å². The van der Waals surface area contributed by atoms with Gasteiger partial charge in [0.15, 0.2) is 0 Å². The van der Waals surface area contributed by atoms with Gasteiger partial charge < -0.3 is 15.7 Å². The van der Waals surface area contributed by atoms with Crippen LogP contribution in [0.5, 0.6) is 0 Å². The van der Waals surface area contributed by atoms with E-state index in [9.17, 15) is 14.4 Å². The van der Waals surface area contributed by atoms with Crippen LogP contribution in [0.15, 0.2) is 11.6 Å². The zero-order valence-corrected chi connectivity index (χ0v) is 25.4. The largest absolute Gasteiger partial charge is 0.481 e. The lowest BCUT2D eigenvalue weighted by atomic mass is 9.41. The summed E-state index contributed by atoms with van der Waals surface area (Å²) in [7, 11) is 0. The molecule has 0 heterocycles. The average molecular weight is 543 g/mol. The van der Waals surface area contributed by atoms with E-state index < -0.39 is 18.3 Å². The van der Waals surface area contributed by atoms with Gasteiger partial charge >= 0.3 is 5.97 Å². The Balaban J connectivity index is 1.40. The summed E-state index contributed by atoms with van der Waals surface area (Å²) >= 11 is 0. The molecular formula is C33H54N2O4. The molecule has 3 saturated carbocycles. The summed E-state index contributed by atoms with van der Waals surface area (Å²) in [5.41, 5.74) is 2.53. The van der Waals surface area contributed by atoms with Gasteiger partial charge in [0.1, 0.15) is 6.42 Å². The summed E-state index contributed by atoms with van der Waals surface area (Å²) < 4.78 is 0. The number of allylic oxidation sites excluding steroid dienone is 1. The Bertz CT molecular complexity index is 975. The number of nitrogens with one attached hydrogen (secondary N) is 2. The molecule has 0 bridgehead atoms. The molecule has 4 rings (SSSR count). The fourth-order valence-electron chi connectivity index (χ4n) is 10.1. The number of aliphatic carboxylic acids is 1. The van der Waals surface area contributed by atoms with E-state index >= 15 is 0 Å². The van der Waals surface area contributed by atoms with Gasteiger partial charge in [-0.05, 0) is 97.2 Å². The maximum absolute atomic E-state index is 12.5. The van der Waals surface area contributed by atoms with E-state index in [1.165, 1.54) is 50.5 Å². The first-order valence-corrected chi connectivity index (χ1v) is 15.8. The van der Waals surface area contributed by atoms with Crippen LogP contribution in [0.2, 0.25) is 0 Å². The number of carbonyl (C=O) groups is 3. The Morgan fingerprint density at radius 1 is 0.949 bits per heavy atom. The summed E-state index contributed by atoms with van der Waals surface area (Å²) in [5.74, 6) is 1.90. The molecule has 4 aliphatic rings. The second-order valence-electron chi connectivity index (χ2n) is 14.8. The Kier molecular flexibility index (Phi) is 8.93. The summed E-state index contributed by atoms with van der Waals surface area (Å²) in [6, 6.07) is 0.0777. The van der Waals surface area contributed by atoms with Crippen LogP contribution >= 0.6 is 0 Å². The molecule has 6 heteroatoms. The molecule has 1 unspecified atom stereocenters. The lowest BCUT2D eigenvalue weighted by Crippen LogP contribution is -2.57. The van der Waals surface area contributed by atoms with Crippen molar-refractivity contribution in [2.45, 2.75) is 125 Å². The van der Waals surface area contributed by atoms with Crippen molar-refractivity contribution in [3.05, 3.63) is 11.6 Å². The molecule has 4 aliphatic carbocycles. The topological polar surface area (TPSA) is 95.5 Å². The van der Waals surface area contributed by atoms with Crippen molar-refractivity contribution in [3.63, 3.8) is 0 Å². The van der Waals surface area contributed by atoms with E-state index in [4.69, 9.17) is 5.11 Å². The molecule has 0 aliphatic heterocycles. The molecule has 6 nitrogen and oxygen atoms in total. The van der Waals surface area contributed by atoms with Crippen molar-refractivity contribution in [1.82, 2.24) is 10.6 Å². The third-order valence-electron chi connectivity index (χ3n) is 12.0. The van der Waals surface area contributed by atoms with Gasteiger partial charge in [0, 0.05) is 6.04 Å². The highest BCUT2D eigenvalue weighted by molar-refractivity contribution is 5.95. The zero-order chi connectivity index (χ0) is 28.6. The van der Waals surface area contributed by atoms with Crippen LogP contribution in [0.3, 0.4) is 0 Å². The fraction of sp³-hybridized carbons (Fsp3) is 0.848. The van der Waals surface area contributed by atoms with Gasteiger partial charge in [-0.2, -0.15) is 0 Å². The molecular weight excluding hydrogens is 488 g/mol. The Morgan fingerprint density at radius 2 is 1.69 bits per heavy atom. The molecule has 8 atom stereocenters. The number of hydrogen-bond acceptors (Lipinski definition) is 3. The minimum atomic E-state index is -1.19. The monoisotopic (exact) mass is 542 g/mol. The van der Waals surface area contributed by atoms with Crippen LogP contribution in [0.1, 0.15) is 119 Å². The molecule has 39 heavy (non-hydrogen) atoms. The highest BCUT2D eigenvalue weighted by Gasteiger charge is 2.63. The molecule has 0 spiro atoms. The second-order valence-corrected chi connectivity index (χ2v) is 14.8. The van der Waals surface area contributed by atoms with Crippen LogP contribution < -0.4 is 10.6 Å². The number of amides is 2. The van der Waals surface area contributed by atoms with Crippen molar-refractivity contribution >= 4 is 17.8 Å². The first-order chi connectivity index (χ1) is 18.3. The number of carboxylic acids is 1. The maximum atomic E-state index is 12.5. The van der Waals surface area contributed by atoms with Gasteiger partial charge in [0.25, 0.3) is 0 Å². The van der Waals surface area contributed by atoms with Crippen LogP contribution in [0, 0.1) is 45.8 Å². The zero-order valence-electron chi connectivity index (χ0n) is 25.4. The third kappa shape index (κ3) is 5.95. The van der Waals surface area contributed by atoms with Crippen molar-refractivity contribution in [2.75, 3.05) is 6.54 Å². The Morgan fingerprint density at radius 3 is 2.38 bits per heavy atom. The Hall–Kier alpha value is -1.85. The maximum Gasteiger partial charge on any atom is 0.312 e. The lowest BCUT2D eigenvalue weighted by molar-refractivity contribution is -0.141. The van der Waals surface area contributed by atoms with Gasteiger partial charge in [0.05, 0.1) is 6.54 Å². The quantitative estimate of drug-likeness (QED) is 0.217. The molecule has 0 saturated heterocycles. The van der Waals surface area contributed by atoms with E-state index in [1.54, 1.807) is 0 Å². The second kappa shape index (κ2) is 11.6. The van der Waals surface area contributed by atoms with Crippen LogP contribution in [-0.4, -0.2) is 35.5 Å². The molecule has 3 N–H and O–H groups in total. The van der Waals surface area contributed by atoms with Crippen molar-refractivity contribution in [1.29, 1.82) is 0 Å². The summed E-state index contributed by atoms with van der Waals surface area (Å²) in [5, 5.41) is 14.2. The molecule has 3 fully saturated rings. The highest BCUT2D eigenvalue weighted by atomic mass is 16.4. The van der Waals surface area contributed by atoms with E-state index in [0.29, 0.717) is 16.7 Å². The molecule has 0 aromatic carbocycles. The SMILES string of the molecule is CC(C)CCC[C@@H](C)C1CC[C@H]2[C@]3(C)CC=C4C[C@@H](NC(=O)CNC(=O)CC(=O)O)CC[C@]4(C)[C@H]3CC[C@]12C. The lowest BCUT2D eigenvalue weighted by Gasteiger charge is -2.63. The Labute approximate surface area is 236 Å². The van der Waals surface area contributed by atoms with Crippen LogP contribution in [-0.2, 0) is 14.4 Å². The predicted molar refractivity (Wildman–Crippen MR) is 155 cm³/mol. The molecule has 2 amide bonds. The standard InChI is InChI=1S/C33H54N2O4/c1-21(2)8-7-9-22(3)25-10-11-26-32(25,5)17-14-27-31(4)16-13-24(18-23(31)12-15-33(26,27)6)35-29(37)20-34-28(36)19-30(38)39/h12,21-22,24-27H,7-11,13-20H2,1-6H3,(H,34,36)(H,35,37)(H,38,39)/t22-,24+,25?,26-,27-,31+,32-,33+/m1/s1. The van der Waals surface area contributed by atoms with E-state index in [-0.39, 0.29) is 23.9 Å². The summed E-state index contributed by atoms with van der Waals surface area (Å²) in [6.07, 6.45) is 15.6. The predicted octanol–water partition coefficient (Wildman–Crippen LogP) is 6.49. The summed E-state index contributed by atoms with van der Waals surface area (Å²) in [4.78, 5) is 34.7. The van der Waals surface area contributed by atoms with E-state index in [2.05, 4.69) is 58.3 Å². The number of hydrogen-bond donors (Lipinski definition) is 3. The minimum Gasteiger partial charge on any atom is -0.481 e.